The Hall–Kier alpha value is -3.74. The Morgan fingerprint density at radius 3 is 2.65 bits per heavy atom. The Bertz CT molecular complexity index is 823. The molecule has 0 saturated carbocycles. The molecule has 3 N–H and O–H groups in total. The molecule has 1 amide bonds. The van der Waals surface area contributed by atoms with Gasteiger partial charge in [0, 0.05) is 25.2 Å². The molecule has 1 aromatic heterocycles. The summed E-state index contributed by atoms with van der Waals surface area (Å²) in [4.78, 5) is 22.9. The van der Waals surface area contributed by atoms with Gasteiger partial charge in [0.15, 0.2) is 0 Å². The number of H-pyrrole nitrogens is 1. The van der Waals surface area contributed by atoms with E-state index < -0.39 is 12.0 Å². The van der Waals surface area contributed by atoms with E-state index in [1.54, 1.807) is 24.3 Å². The van der Waals surface area contributed by atoms with Crippen LogP contribution in [0.1, 0.15) is 18.3 Å². The Labute approximate surface area is 149 Å². The topological polar surface area (TPSA) is 146 Å². The molecule has 0 spiro atoms. The van der Waals surface area contributed by atoms with E-state index in [0.29, 0.717) is 6.42 Å². The van der Waals surface area contributed by atoms with Gasteiger partial charge in [-0.05, 0) is 22.9 Å². The molecule has 2 rings (SSSR count). The fraction of sp³-hybridized carbons (Fsp3) is 0.250. The van der Waals surface area contributed by atoms with Gasteiger partial charge in [0.1, 0.15) is 17.7 Å². The van der Waals surface area contributed by atoms with Crippen molar-refractivity contribution in [2.45, 2.75) is 19.4 Å². The fourth-order valence-electron chi connectivity index (χ4n) is 2.13. The first-order valence-corrected chi connectivity index (χ1v) is 7.58. The van der Waals surface area contributed by atoms with E-state index in [2.05, 4.69) is 31.3 Å². The lowest BCUT2D eigenvalue weighted by Crippen LogP contribution is -2.41. The van der Waals surface area contributed by atoms with Gasteiger partial charge in [-0.15, -0.1) is 10.2 Å². The molecule has 1 unspecified atom stereocenters. The van der Waals surface area contributed by atoms with E-state index in [-0.39, 0.29) is 17.3 Å². The van der Waals surface area contributed by atoms with Crippen molar-refractivity contribution >= 4 is 23.1 Å². The quantitative estimate of drug-likeness (QED) is 0.478. The lowest BCUT2D eigenvalue weighted by atomic mass is 10.1. The molecule has 2 aromatic rings. The van der Waals surface area contributed by atoms with E-state index in [9.17, 15) is 9.59 Å². The molecule has 0 saturated heterocycles. The summed E-state index contributed by atoms with van der Waals surface area (Å²) >= 11 is 0. The van der Waals surface area contributed by atoms with Gasteiger partial charge >= 0.3 is 5.97 Å². The summed E-state index contributed by atoms with van der Waals surface area (Å²) in [5.41, 5.74) is 1.78. The van der Waals surface area contributed by atoms with Crippen molar-refractivity contribution < 1.29 is 14.3 Å². The lowest BCUT2D eigenvalue weighted by molar-refractivity contribution is -0.144. The van der Waals surface area contributed by atoms with Gasteiger partial charge in [-0.1, -0.05) is 12.1 Å². The maximum atomic E-state index is 11.7. The molecule has 0 aliphatic heterocycles. The monoisotopic (exact) mass is 355 g/mol. The number of amides is 1. The molecular formula is C16H17N7O3. The molecule has 0 aliphatic rings. The number of aromatic amines is 1. The normalized spacial score (nSPS) is 12.0. The average molecular weight is 355 g/mol. The second-order valence-corrected chi connectivity index (χ2v) is 5.23. The number of tetrazole rings is 1. The molecule has 1 atom stereocenters. The minimum Gasteiger partial charge on any atom is -0.467 e. The summed E-state index contributed by atoms with van der Waals surface area (Å²) in [6, 6.07) is 8.37. The number of allylic oxidation sites excluding steroid dienone is 1. The molecule has 10 heteroatoms. The Kier molecular flexibility index (Phi) is 6.39. The van der Waals surface area contributed by atoms with Gasteiger partial charge < -0.3 is 15.4 Å². The number of anilines is 1. The first kappa shape index (κ1) is 18.6. The molecule has 0 aliphatic carbocycles. The van der Waals surface area contributed by atoms with Crippen LogP contribution in [0.5, 0.6) is 0 Å². The van der Waals surface area contributed by atoms with Crippen molar-refractivity contribution in [2.24, 2.45) is 0 Å². The zero-order chi connectivity index (χ0) is 18.9. The highest BCUT2D eigenvalue weighted by Crippen LogP contribution is 2.13. The van der Waals surface area contributed by atoms with Crippen LogP contribution in [0, 0.1) is 11.3 Å². The smallest absolute Gasteiger partial charge is 0.328 e. The van der Waals surface area contributed by atoms with Gasteiger partial charge in [0.05, 0.1) is 7.11 Å². The van der Waals surface area contributed by atoms with Crippen LogP contribution in [0.3, 0.4) is 0 Å². The third-order valence-corrected chi connectivity index (χ3v) is 3.35. The third-order valence-electron chi connectivity index (χ3n) is 3.35. The molecule has 0 radical (unpaired) electrons. The predicted octanol–water partition coefficient (Wildman–Crippen LogP) is 0.396. The fourth-order valence-corrected chi connectivity index (χ4v) is 2.13. The highest BCUT2D eigenvalue weighted by Gasteiger charge is 2.20. The van der Waals surface area contributed by atoms with Gasteiger partial charge in [-0.3, -0.25) is 4.79 Å². The number of methoxy groups -OCH3 is 1. The van der Waals surface area contributed by atoms with Gasteiger partial charge in [0.25, 0.3) is 0 Å². The predicted molar refractivity (Wildman–Crippen MR) is 91.2 cm³/mol. The number of rotatable bonds is 7. The van der Waals surface area contributed by atoms with Crippen molar-refractivity contribution in [1.82, 2.24) is 25.9 Å². The van der Waals surface area contributed by atoms with Crippen molar-refractivity contribution in [3.05, 3.63) is 41.9 Å². The zero-order valence-corrected chi connectivity index (χ0v) is 14.2. The summed E-state index contributed by atoms with van der Waals surface area (Å²) < 4.78 is 4.70. The Morgan fingerprint density at radius 1 is 1.38 bits per heavy atom. The van der Waals surface area contributed by atoms with Crippen LogP contribution in [-0.4, -0.2) is 45.7 Å². The molecule has 134 valence electrons. The maximum Gasteiger partial charge on any atom is 0.328 e. The second kappa shape index (κ2) is 8.93. The SMILES string of the molecule is COC(=O)C(Cc1ccc(NC=C(C#N)c2nn[nH]n2)cc1)NC(C)=O. The first-order valence-electron chi connectivity index (χ1n) is 7.58. The molecule has 0 fully saturated rings. The summed E-state index contributed by atoms with van der Waals surface area (Å²) in [6.45, 7) is 1.34. The molecule has 26 heavy (non-hydrogen) atoms. The van der Waals surface area contributed by atoms with Crippen LogP contribution in [0.2, 0.25) is 0 Å². The Balaban J connectivity index is 2.04. The first-order chi connectivity index (χ1) is 12.5. The van der Waals surface area contributed by atoms with Gasteiger partial charge in [-0.2, -0.15) is 10.5 Å². The van der Waals surface area contributed by atoms with E-state index in [0.717, 1.165) is 11.3 Å². The minimum atomic E-state index is -0.750. The van der Waals surface area contributed by atoms with Crippen molar-refractivity contribution in [1.29, 1.82) is 5.26 Å². The highest BCUT2D eigenvalue weighted by molar-refractivity contribution is 5.83. The molecular weight excluding hydrogens is 338 g/mol. The number of carbonyl (C=O) groups is 2. The van der Waals surface area contributed by atoms with Crippen molar-refractivity contribution in [2.75, 3.05) is 12.4 Å². The summed E-state index contributed by atoms with van der Waals surface area (Å²) in [6.07, 6.45) is 1.77. The van der Waals surface area contributed by atoms with Crippen LogP contribution in [-0.2, 0) is 20.7 Å². The number of hydrogen-bond donors (Lipinski definition) is 3. The largest absolute Gasteiger partial charge is 0.467 e. The van der Waals surface area contributed by atoms with Crippen LogP contribution >= 0.6 is 0 Å². The molecule has 1 heterocycles. The molecule has 10 nitrogen and oxygen atoms in total. The van der Waals surface area contributed by atoms with Crippen molar-refractivity contribution in [3.8, 4) is 6.07 Å². The van der Waals surface area contributed by atoms with E-state index in [1.807, 2.05) is 6.07 Å². The number of nitriles is 1. The second-order valence-electron chi connectivity index (χ2n) is 5.23. The summed E-state index contributed by atoms with van der Waals surface area (Å²) in [7, 11) is 1.27. The number of aromatic nitrogens is 4. The number of nitrogens with one attached hydrogen (secondary N) is 3. The van der Waals surface area contributed by atoms with Crippen LogP contribution in [0.15, 0.2) is 30.5 Å². The standard InChI is InChI=1S/C16H17N7O3/c1-10(24)19-14(16(25)26-2)7-11-3-5-13(6-4-11)18-9-12(8-17)15-20-22-23-21-15/h3-6,9,14,18H,7H2,1-2H3,(H,19,24)(H,20,21,22,23). The molecule has 1 aromatic carbocycles. The lowest BCUT2D eigenvalue weighted by Gasteiger charge is -2.15. The van der Waals surface area contributed by atoms with Gasteiger partial charge in [-0.25, -0.2) is 4.79 Å². The number of carbonyl (C=O) groups excluding carboxylic acids is 2. The molecule has 0 bridgehead atoms. The summed E-state index contributed by atoms with van der Waals surface area (Å²) in [5, 5.41) is 27.8. The average Bonchev–Trinajstić information content (AvgIpc) is 3.16. The van der Waals surface area contributed by atoms with E-state index in [4.69, 9.17) is 10.00 Å². The van der Waals surface area contributed by atoms with E-state index >= 15 is 0 Å². The zero-order valence-electron chi connectivity index (χ0n) is 14.2. The van der Waals surface area contributed by atoms with Crippen LogP contribution in [0.4, 0.5) is 5.69 Å². The minimum absolute atomic E-state index is 0.188. The number of nitrogens with zero attached hydrogens (tertiary/aromatic N) is 4. The Morgan fingerprint density at radius 2 is 2.12 bits per heavy atom. The van der Waals surface area contributed by atoms with Crippen LogP contribution < -0.4 is 10.6 Å². The van der Waals surface area contributed by atoms with E-state index in [1.165, 1.54) is 20.2 Å². The number of ether oxygens (including phenoxy) is 1. The maximum absolute atomic E-state index is 11.7. The number of esters is 1. The number of benzene rings is 1. The number of hydrogen-bond acceptors (Lipinski definition) is 8. The third kappa shape index (κ3) is 5.13. The highest BCUT2D eigenvalue weighted by atomic mass is 16.5. The summed E-state index contributed by atoms with van der Waals surface area (Å²) in [5.74, 6) is -0.633. The van der Waals surface area contributed by atoms with Crippen LogP contribution in [0.25, 0.3) is 5.57 Å². The van der Waals surface area contributed by atoms with Crippen molar-refractivity contribution in [3.63, 3.8) is 0 Å². The van der Waals surface area contributed by atoms with Gasteiger partial charge in [0.2, 0.25) is 11.7 Å².